The summed E-state index contributed by atoms with van der Waals surface area (Å²) in [5, 5.41) is 34.2. The van der Waals surface area contributed by atoms with Gasteiger partial charge in [-0.3, -0.25) is 4.79 Å². The Balaban J connectivity index is 1.80. The molecule has 0 aromatic heterocycles. The molecule has 6 nitrogen and oxygen atoms in total. The van der Waals surface area contributed by atoms with Crippen molar-refractivity contribution in [1.29, 1.82) is 0 Å². The van der Waals surface area contributed by atoms with Gasteiger partial charge in [-0.15, -0.1) is 0 Å². The van der Waals surface area contributed by atoms with Crippen LogP contribution in [0, 0.1) is 6.92 Å². The Bertz CT molecular complexity index is 477. The molecule has 21 heavy (non-hydrogen) atoms. The van der Waals surface area contributed by atoms with Gasteiger partial charge in [-0.1, -0.05) is 29.8 Å². The molecule has 1 aromatic rings. The van der Waals surface area contributed by atoms with Gasteiger partial charge in [0.25, 0.3) is 0 Å². The molecule has 6 heteroatoms. The minimum atomic E-state index is -1.02. The van der Waals surface area contributed by atoms with Crippen molar-refractivity contribution in [2.75, 3.05) is 13.2 Å². The Hall–Kier alpha value is -1.47. The summed E-state index contributed by atoms with van der Waals surface area (Å²) in [5.41, 5.74) is 2.06. The molecule has 0 spiro atoms. The van der Waals surface area contributed by atoms with E-state index in [-0.39, 0.29) is 25.5 Å². The summed E-state index contributed by atoms with van der Waals surface area (Å²) >= 11 is 0. The average molecular weight is 294 g/mol. The number of benzene rings is 1. The van der Waals surface area contributed by atoms with Gasteiger partial charge in [0.1, 0.15) is 0 Å². The minimum absolute atomic E-state index is 0.144. The summed E-state index contributed by atoms with van der Waals surface area (Å²) < 4.78 is 0. The fourth-order valence-electron chi connectivity index (χ4n) is 2.47. The SMILES string of the molecule is Cc1ccc(CC(=O)NC[C@@H]2N[C@H](CO)[C@H](O)[C@@H]2O)cc1. The fraction of sp³-hybridized carbons (Fsp3) is 0.533. The van der Waals surface area contributed by atoms with Gasteiger partial charge < -0.3 is 26.0 Å². The van der Waals surface area contributed by atoms with Crippen LogP contribution < -0.4 is 10.6 Å². The second-order valence-electron chi connectivity index (χ2n) is 5.51. The monoisotopic (exact) mass is 294 g/mol. The third-order valence-electron chi connectivity index (χ3n) is 3.80. The summed E-state index contributed by atoms with van der Waals surface area (Å²) in [6.07, 6.45) is -1.74. The molecule has 0 bridgehead atoms. The van der Waals surface area contributed by atoms with Gasteiger partial charge in [0, 0.05) is 6.54 Å². The molecule has 0 saturated carbocycles. The highest BCUT2D eigenvalue weighted by Gasteiger charge is 2.40. The highest BCUT2D eigenvalue weighted by molar-refractivity contribution is 5.78. The van der Waals surface area contributed by atoms with E-state index in [2.05, 4.69) is 10.6 Å². The van der Waals surface area contributed by atoms with Crippen molar-refractivity contribution in [2.45, 2.75) is 37.6 Å². The number of hydrogen-bond acceptors (Lipinski definition) is 5. The summed E-state index contributed by atoms with van der Waals surface area (Å²) in [7, 11) is 0. The number of rotatable bonds is 5. The van der Waals surface area contributed by atoms with Gasteiger partial charge >= 0.3 is 0 Å². The maximum Gasteiger partial charge on any atom is 0.224 e. The van der Waals surface area contributed by atoms with E-state index >= 15 is 0 Å². The first kappa shape index (κ1) is 15.9. The lowest BCUT2D eigenvalue weighted by Gasteiger charge is -2.16. The van der Waals surface area contributed by atoms with Crippen molar-refractivity contribution in [2.24, 2.45) is 0 Å². The highest BCUT2D eigenvalue weighted by Crippen LogP contribution is 2.13. The average Bonchev–Trinajstić information content (AvgIpc) is 2.75. The van der Waals surface area contributed by atoms with Crippen molar-refractivity contribution >= 4 is 5.91 Å². The van der Waals surface area contributed by atoms with Gasteiger partial charge in [0.05, 0.1) is 37.3 Å². The summed E-state index contributed by atoms with van der Waals surface area (Å²) in [6, 6.07) is 6.70. The number of aryl methyl sites for hydroxylation is 1. The molecule has 116 valence electrons. The van der Waals surface area contributed by atoms with Crippen LogP contribution in [0.2, 0.25) is 0 Å². The zero-order valence-corrected chi connectivity index (χ0v) is 12.0. The van der Waals surface area contributed by atoms with Crippen molar-refractivity contribution < 1.29 is 20.1 Å². The van der Waals surface area contributed by atoms with Gasteiger partial charge in [0.15, 0.2) is 0 Å². The van der Waals surface area contributed by atoms with Crippen LogP contribution >= 0.6 is 0 Å². The smallest absolute Gasteiger partial charge is 0.224 e. The Morgan fingerprint density at radius 3 is 2.38 bits per heavy atom. The first-order chi connectivity index (χ1) is 10.0. The summed E-state index contributed by atoms with van der Waals surface area (Å²) in [6.45, 7) is 1.94. The number of hydrogen-bond donors (Lipinski definition) is 5. The predicted octanol–water partition coefficient (Wildman–Crippen LogP) is -1.29. The highest BCUT2D eigenvalue weighted by atomic mass is 16.3. The largest absolute Gasteiger partial charge is 0.395 e. The maximum atomic E-state index is 11.9. The van der Waals surface area contributed by atoms with Crippen LogP contribution in [0.15, 0.2) is 24.3 Å². The van der Waals surface area contributed by atoms with E-state index in [4.69, 9.17) is 5.11 Å². The molecular formula is C15H22N2O4. The summed E-state index contributed by atoms with van der Waals surface area (Å²) in [5.74, 6) is -0.144. The van der Waals surface area contributed by atoms with Crippen LogP contribution in [-0.2, 0) is 11.2 Å². The Morgan fingerprint density at radius 1 is 1.19 bits per heavy atom. The van der Waals surface area contributed by atoms with Crippen molar-refractivity contribution in [3.05, 3.63) is 35.4 Å². The number of amides is 1. The lowest BCUT2D eigenvalue weighted by Crippen LogP contribution is -2.44. The number of aliphatic hydroxyl groups excluding tert-OH is 3. The topological polar surface area (TPSA) is 102 Å². The molecule has 1 aromatic carbocycles. The lowest BCUT2D eigenvalue weighted by atomic mass is 10.1. The van der Waals surface area contributed by atoms with Crippen LogP contribution in [0.25, 0.3) is 0 Å². The van der Waals surface area contributed by atoms with E-state index in [1.54, 1.807) is 0 Å². The van der Waals surface area contributed by atoms with E-state index in [0.29, 0.717) is 0 Å². The predicted molar refractivity (Wildman–Crippen MR) is 77.7 cm³/mol. The number of carbonyl (C=O) groups is 1. The van der Waals surface area contributed by atoms with Crippen LogP contribution in [0.1, 0.15) is 11.1 Å². The van der Waals surface area contributed by atoms with E-state index in [1.165, 1.54) is 0 Å². The Kier molecular flexibility index (Phi) is 5.30. The lowest BCUT2D eigenvalue weighted by molar-refractivity contribution is -0.120. The van der Waals surface area contributed by atoms with Gasteiger partial charge in [0.2, 0.25) is 5.91 Å². The van der Waals surface area contributed by atoms with E-state index in [9.17, 15) is 15.0 Å². The molecule has 1 fully saturated rings. The van der Waals surface area contributed by atoms with Crippen LogP contribution in [0.4, 0.5) is 0 Å². The Morgan fingerprint density at radius 2 is 1.81 bits per heavy atom. The molecular weight excluding hydrogens is 272 g/mol. The molecule has 1 saturated heterocycles. The van der Waals surface area contributed by atoms with Gasteiger partial charge in [-0.25, -0.2) is 0 Å². The van der Waals surface area contributed by atoms with E-state index in [0.717, 1.165) is 11.1 Å². The van der Waals surface area contributed by atoms with Gasteiger partial charge in [-0.2, -0.15) is 0 Å². The Labute approximate surface area is 123 Å². The van der Waals surface area contributed by atoms with Crippen LogP contribution in [0.3, 0.4) is 0 Å². The van der Waals surface area contributed by atoms with Crippen molar-refractivity contribution in [3.63, 3.8) is 0 Å². The van der Waals surface area contributed by atoms with Crippen LogP contribution in [0.5, 0.6) is 0 Å². The van der Waals surface area contributed by atoms with Crippen molar-refractivity contribution in [3.8, 4) is 0 Å². The normalized spacial score (nSPS) is 28.6. The second-order valence-corrected chi connectivity index (χ2v) is 5.51. The van der Waals surface area contributed by atoms with Crippen LogP contribution in [-0.4, -0.2) is 58.7 Å². The van der Waals surface area contributed by atoms with Crippen molar-refractivity contribution in [1.82, 2.24) is 10.6 Å². The molecule has 1 amide bonds. The quantitative estimate of drug-likeness (QED) is 0.465. The number of carbonyl (C=O) groups excluding carboxylic acids is 1. The maximum absolute atomic E-state index is 11.9. The molecule has 1 heterocycles. The minimum Gasteiger partial charge on any atom is -0.395 e. The first-order valence-corrected chi connectivity index (χ1v) is 7.06. The third kappa shape index (κ3) is 4.01. The zero-order chi connectivity index (χ0) is 15.4. The second kappa shape index (κ2) is 7.00. The fourth-order valence-corrected chi connectivity index (χ4v) is 2.47. The zero-order valence-electron chi connectivity index (χ0n) is 12.0. The molecule has 0 aliphatic carbocycles. The van der Waals surface area contributed by atoms with Gasteiger partial charge in [-0.05, 0) is 12.5 Å². The molecule has 1 aliphatic heterocycles. The molecule has 0 radical (unpaired) electrons. The first-order valence-electron chi connectivity index (χ1n) is 7.06. The molecule has 1 aliphatic rings. The molecule has 4 atom stereocenters. The van der Waals surface area contributed by atoms with E-state index in [1.807, 2.05) is 31.2 Å². The molecule has 5 N–H and O–H groups in total. The number of aliphatic hydroxyl groups is 3. The third-order valence-corrected chi connectivity index (χ3v) is 3.80. The summed E-state index contributed by atoms with van der Waals surface area (Å²) in [4.78, 5) is 11.9. The van der Waals surface area contributed by atoms with E-state index < -0.39 is 24.3 Å². The molecule has 0 unspecified atom stereocenters. The molecule has 2 rings (SSSR count). The standard InChI is InChI=1S/C15H22N2O4/c1-9-2-4-10(5-3-9)6-13(19)16-7-11-14(20)15(21)12(8-18)17-11/h2-5,11-12,14-15,17-18,20-21H,6-8H2,1H3,(H,16,19)/t11-,12+,14+,15-/m0/s1. The number of nitrogens with one attached hydrogen (secondary N) is 2.